The van der Waals surface area contributed by atoms with Crippen LogP contribution in [0.25, 0.3) is 16.9 Å². The lowest BCUT2D eigenvalue weighted by Gasteiger charge is -2.11. The van der Waals surface area contributed by atoms with Gasteiger partial charge in [-0.15, -0.1) is 18.3 Å². The van der Waals surface area contributed by atoms with Crippen molar-refractivity contribution in [2.45, 2.75) is 6.36 Å². The van der Waals surface area contributed by atoms with Crippen molar-refractivity contribution in [2.24, 2.45) is 0 Å². The second-order valence-corrected chi connectivity index (χ2v) is 5.12. The topological polar surface area (TPSA) is 56.1 Å². The number of amides is 1. The summed E-state index contributed by atoms with van der Waals surface area (Å²) >= 11 is 0. The maximum Gasteiger partial charge on any atom is 0.573 e. The van der Waals surface area contributed by atoms with Gasteiger partial charge in [0.25, 0.3) is 0 Å². The molecule has 0 aliphatic heterocycles. The molecule has 1 heterocycles. The number of nitrogens with zero attached hydrogens (tertiary/aromatic N) is 2. The number of nitrogens with one attached hydrogen (secondary N) is 1. The average Bonchev–Trinajstić information content (AvgIpc) is 2.98. The summed E-state index contributed by atoms with van der Waals surface area (Å²) in [5, 5.41) is 6.42. The summed E-state index contributed by atoms with van der Waals surface area (Å²) in [7, 11) is 0. The number of ether oxygens (including phenoxy) is 1. The number of hydrogen-bond donors (Lipinski definition) is 1. The molecular formula is C17H11F4N3O2. The van der Waals surface area contributed by atoms with Gasteiger partial charge in [0.15, 0.2) is 5.82 Å². The SMILES string of the molecule is O=CNc1cc(-c2cccc(OC(F)(F)F)c2)n(-c2ccccc2F)n1. The highest BCUT2D eigenvalue weighted by atomic mass is 19.4. The minimum absolute atomic E-state index is 0.0728. The van der Waals surface area contributed by atoms with Gasteiger partial charge in [0.1, 0.15) is 17.3 Å². The molecule has 1 amide bonds. The summed E-state index contributed by atoms with van der Waals surface area (Å²) < 4.78 is 56.6. The fourth-order valence-electron chi connectivity index (χ4n) is 2.38. The van der Waals surface area contributed by atoms with Gasteiger partial charge in [-0.05, 0) is 24.3 Å². The Kier molecular flexibility index (Phi) is 4.61. The number of rotatable bonds is 5. The molecule has 0 aliphatic rings. The third kappa shape index (κ3) is 3.82. The molecule has 1 aromatic heterocycles. The van der Waals surface area contributed by atoms with Crippen molar-refractivity contribution >= 4 is 12.2 Å². The van der Waals surface area contributed by atoms with Crippen molar-refractivity contribution < 1.29 is 27.1 Å². The molecule has 0 spiro atoms. The predicted octanol–water partition coefficient (Wildman–Crippen LogP) is 4.15. The summed E-state index contributed by atoms with van der Waals surface area (Å²) in [6.45, 7) is 0. The van der Waals surface area contributed by atoms with E-state index in [9.17, 15) is 22.4 Å². The number of aromatic nitrogens is 2. The molecule has 0 saturated heterocycles. The van der Waals surface area contributed by atoms with Crippen molar-refractivity contribution in [1.29, 1.82) is 0 Å². The normalized spacial score (nSPS) is 11.2. The van der Waals surface area contributed by atoms with E-state index in [0.717, 1.165) is 12.1 Å². The number of alkyl halides is 3. The zero-order chi connectivity index (χ0) is 18.7. The highest BCUT2D eigenvalue weighted by Gasteiger charge is 2.31. The molecule has 0 radical (unpaired) electrons. The zero-order valence-electron chi connectivity index (χ0n) is 13.0. The van der Waals surface area contributed by atoms with E-state index in [2.05, 4.69) is 15.2 Å². The molecule has 0 fully saturated rings. The molecule has 0 unspecified atom stereocenters. The lowest BCUT2D eigenvalue weighted by molar-refractivity contribution is -0.274. The Hall–Kier alpha value is -3.36. The van der Waals surface area contributed by atoms with Crippen LogP contribution in [-0.4, -0.2) is 22.6 Å². The van der Waals surface area contributed by atoms with Gasteiger partial charge < -0.3 is 10.1 Å². The van der Waals surface area contributed by atoms with Gasteiger partial charge in [0.2, 0.25) is 6.41 Å². The highest BCUT2D eigenvalue weighted by Crippen LogP contribution is 2.31. The molecule has 0 bridgehead atoms. The van der Waals surface area contributed by atoms with Crippen LogP contribution in [0.2, 0.25) is 0 Å². The number of para-hydroxylation sites is 1. The van der Waals surface area contributed by atoms with Crippen LogP contribution in [0.3, 0.4) is 0 Å². The van der Waals surface area contributed by atoms with E-state index >= 15 is 0 Å². The van der Waals surface area contributed by atoms with E-state index in [1.54, 1.807) is 6.07 Å². The number of carbonyl (C=O) groups excluding carboxylic acids is 1. The lowest BCUT2D eigenvalue weighted by Crippen LogP contribution is -2.17. The Bertz CT molecular complexity index is 938. The summed E-state index contributed by atoms with van der Waals surface area (Å²) in [6.07, 6.45) is -4.45. The number of anilines is 1. The minimum atomic E-state index is -4.84. The molecule has 2 aromatic carbocycles. The first-order valence-corrected chi connectivity index (χ1v) is 7.29. The first kappa shape index (κ1) is 17.5. The smallest absolute Gasteiger partial charge is 0.406 e. The fraction of sp³-hybridized carbons (Fsp3) is 0.0588. The predicted molar refractivity (Wildman–Crippen MR) is 85.3 cm³/mol. The standard InChI is InChI=1S/C17H11F4N3O2/c18-13-6-1-2-7-14(13)24-15(9-16(23-24)22-10-25)11-4-3-5-12(8-11)26-17(19,20)21/h1-10H,(H,22,23,25). The Morgan fingerprint density at radius 1 is 1.08 bits per heavy atom. The van der Waals surface area contributed by atoms with Crippen LogP contribution in [0, 0.1) is 5.82 Å². The first-order chi connectivity index (χ1) is 12.4. The van der Waals surface area contributed by atoms with Gasteiger partial charge in [0.05, 0.1) is 5.69 Å². The van der Waals surface area contributed by atoms with Crippen molar-refractivity contribution in [2.75, 3.05) is 5.32 Å². The molecule has 1 N–H and O–H groups in total. The van der Waals surface area contributed by atoms with Crippen LogP contribution in [0.4, 0.5) is 23.4 Å². The summed E-state index contributed by atoms with van der Waals surface area (Å²) in [4.78, 5) is 10.7. The van der Waals surface area contributed by atoms with Crippen LogP contribution in [0.5, 0.6) is 5.75 Å². The Morgan fingerprint density at radius 3 is 2.54 bits per heavy atom. The maximum absolute atomic E-state index is 14.1. The molecule has 0 aliphatic carbocycles. The molecule has 3 rings (SSSR count). The van der Waals surface area contributed by atoms with Gasteiger partial charge >= 0.3 is 6.36 Å². The van der Waals surface area contributed by atoms with Gasteiger partial charge in [-0.3, -0.25) is 4.79 Å². The fourth-order valence-corrected chi connectivity index (χ4v) is 2.38. The Morgan fingerprint density at radius 2 is 1.85 bits per heavy atom. The van der Waals surface area contributed by atoms with Gasteiger partial charge in [-0.1, -0.05) is 24.3 Å². The Balaban J connectivity index is 2.11. The maximum atomic E-state index is 14.1. The van der Waals surface area contributed by atoms with E-state index < -0.39 is 17.9 Å². The molecule has 9 heteroatoms. The molecule has 134 valence electrons. The second-order valence-electron chi connectivity index (χ2n) is 5.12. The van der Waals surface area contributed by atoms with Crippen molar-refractivity contribution in [1.82, 2.24) is 9.78 Å². The van der Waals surface area contributed by atoms with Crippen LogP contribution in [-0.2, 0) is 4.79 Å². The summed E-state index contributed by atoms with van der Waals surface area (Å²) in [5.41, 5.74) is 0.636. The number of halogens is 4. The molecule has 0 atom stereocenters. The van der Waals surface area contributed by atoms with E-state index in [0.29, 0.717) is 12.0 Å². The molecular weight excluding hydrogens is 354 g/mol. The molecule has 26 heavy (non-hydrogen) atoms. The van der Waals surface area contributed by atoms with Crippen LogP contribution < -0.4 is 10.1 Å². The molecule has 3 aromatic rings. The summed E-state index contributed by atoms with van der Waals surface area (Å²) in [5.74, 6) is -0.904. The number of hydrogen-bond acceptors (Lipinski definition) is 3. The van der Waals surface area contributed by atoms with Gasteiger partial charge in [0, 0.05) is 11.6 Å². The highest BCUT2D eigenvalue weighted by molar-refractivity contribution is 5.74. The van der Waals surface area contributed by atoms with E-state index in [-0.39, 0.29) is 17.2 Å². The van der Waals surface area contributed by atoms with Crippen LogP contribution in [0.1, 0.15) is 0 Å². The van der Waals surface area contributed by atoms with Crippen molar-refractivity contribution in [3.63, 3.8) is 0 Å². The van der Waals surface area contributed by atoms with Crippen LogP contribution in [0.15, 0.2) is 54.6 Å². The quantitative estimate of drug-likeness (QED) is 0.546. The molecule has 0 saturated carbocycles. The monoisotopic (exact) mass is 365 g/mol. The lowest BCUT2D eigenvalue weighted by atomic mass is 10.1. The third-order valence-corrected chi connectivity index (χ3v) is 3.36. The second kappa shape index (κ2) is 6.87. The van der Waals surface area contributed by atoms with Crippen LogP contribution >= 0.6 is 0 Å². The largest absolute Gasteiger partial charge is 0.573 e. The van der Waals surface area contributed by atoms with Crippen molar-refractivity contribution in [3.05, 3.63) is 60.4 Å². The third-order valence-electron chi connectivity index (χ3n) is 3.36. The Labute approximate surface area is 144 Å². The number of carbonyl (C=O) groups is 1. The van der Waals surface area contributed by atoms with Gasteiger partial charge in [-0.2, -0.15) is 0 Å². The first-order valence-electron chi connectivity index (χ1n) is 7.29. The zero-order valence-corrected chi connectivity index (χ0v) is 13.0. The van der Waals surface area contributed by atoms with Crippen molar-refractivity contribution in [3.8, 4) is 22.7 Å². The number of benzene rings is 2. The van der Waals surface area contributed by atoms with E-state index in [1.165, 1.54) is 41.1 Å². The minimum Gasteiger partial charge on any atom is -0.406 e. The van der Waals surface area contributed by atoms with Gasteiger partial charge in [-0.25, -0.2) is 9.07 Å². The van der Waals surface area contributed by atoms with E-state index in [1.807, 2.05) is 0 Å². The van der Waals surface area contributed by atoms with E-state index in [4.69, 9.17) is 0 Å². The average molecular weight is 365 g/mol. The summed E-state index contributed by atoms with van der Waals surface area (Å²) in [6, 6.07) is 12.3. The molecule has 5 nitrogen and oxygen atoms in total.